The Morgan fingerprint density at radius 3 is 2.93 bits per heavy atom. The van der Waals surface area contributed by atoms with E-state index in [2.05, 4.69) is 4.98 Å². The van der Waals surface area contributed by atoms with E-state index in [1.54, 1.807) is 0 Å². The third kappa shape index (κ3) is 1.40. The van der Waals surface area contributed by atoms with Gasteiger partial charge in [-0.1, -0.05) is 22.9 Å². The van der Waals surface area contributed by atoms with E-state index in [0.29, 0.717) is 20.4 Å². The minimum atomic E-state index is -1.01. The fourth-order valence-corrected chi connectivity index (χ4v) is 2.25. The second-order valence-electron chi connectivity index (χ2n) is 2.66. The highest BCUT2D eigenvalue weighted by Gasteiger charge is 2.11. The van der Waals surface area contributed by atoms with Crippen LogP contribution in [0.15, 0.2) is 12.1 Å². The number of aromatic carboxylic acids is 1. The van der Waals surface area contributed by atoms with Crippen LogP contribution in [0.3, 0.4) is 0 Å². The van der Waals surface area contributed by atoms with Crippen molar-refractivity contribution < 1.29 is 9.90 Å². The third-order valence-corrected chi connectivity index (χ3v) is 2.83. The summed E-state index contributed by atoms with van der Waals surface area (Å²) < 4.78 is 0.687. The van der Waals surface area contributed by atoms with Gasteiger partial charge in [0.2, 0.25) is 0 Å². The molecule has 0 bridgehead atoms. The van der Waals surface area contributed by atoms with Crippen molar-refractivity contribution in [3.8, 4) is 0 Å². The SMILES string of the molecule is Nc1nc2c(Cl)cc(C(=O)O)cc2s1. The Balaban J connectivity index is 2.77. The van der Waals surface area contributed by atoms with Crippen molar-refractivity contribution in [3.05, 3.63) is 22.7 Å². The van der Waals surface area contributed by atoms with Crippen LogP contribution in [0.4, 0.5) is 5.13 Å². The normalized spacial score (nSPS) is 10.6. The first kappa shape index (κ1) is 9.23. The van der Waals surface area contributed by atoms with Crippen LogP contribution >= 0.6 is 22.9 Å². The summed E-state index contributed by atoms with van der Waals surface area (Å²) in [6, 6.07) is 2.88. The maximum Gasteiger partial charge on any atom is 0.335 e. The lowest BCUT2D eigenvalue weighted by Gasteiger charge is -1.95. The number of halogens is 1. The number of nitrogens with two attached hydrogens (primary N) is 1. The molecule has 0 amide bonds. The number of anilines is 1. The zero-order valence-corrected chi connectivity index (χ0v) is 8.39. The molecule has 0 spiro atoms. The number of hydrogen-bond donors (Lipinski definition) is 2. The van der Waals surface area contributed by atoms with Crippen LogP contribution in [0, 0.1) is 0 Å². The molecule has 0 unspecified atom stereocenters. The topological polar surface area (TPSA) is 76.2 Å². The first-order valence-electron chi connectivity index (χ1n) is 3.67. The molecule has 0 aliphatic rings. The van der Waals surface area contributed by atoms with Crippen LogP contribution in [0.2, 0.25) is 5.02 Å². The van der Waals surface area contributed by atoms with Gasteiger partial charge in [0.1, 0.15) is 5.52 Å². The number of thiazole rings is 1. The molecular formula is C8H5ClN2O2S. The molecule has 0 atom stereocenters. The van der Waals surface area contributed by atoms with Crippen LogP contribution in [-0.4, -0.2) is 16.1 Å². The summed E-state index contributed by atoms with van der Waals surface area (Å²) in [7, 11) is 0. The molecule has 3 N–H and O–H groups in total. The molecule has 0 aliphatic carbocycles. The first-order valence-corrected chi connectivity index (χ1v) is 4.86. The zero-order valence-electron chi connectivity index (χ0n) is 6.82. The molecule has 2 rings (SSSR count). The molecular weight excluding hydrogens is 224 g/mol. The number of carbonyl (C=O) groups is 1. The molecule has 2 aromatic rings. The molecule has 0 saturated heterocycles. The average molecular weight is 229 g/mol. The standard InChI is InChI=1S/C8H5ClN2O2S/c9-4-1-3(7(12)13)2-5-6(4)11-8(10)14-5/h1-2H,(H2,10,11)(H,12,13). The Morgan fingerprint density at radius 2 is 2.29 bits per heavy atom. The minimum Gasteiger partial charge on any atom is -0.478 e. The highest BCUT2D eigenvalue weighted by Crippen LogP contribution is 2.30. The Morgan fingerprint density at radius 1 is 1.57 bits per heavy atom. The van der Waals surface area contributed by atoms with Crippen molar-refractivity contribution in [2.45, 2.75) is 0 Å². The van der Waals surface area contributed by atoms with E-state index in [1.165, 1.54) is 23.5 Å². The molecule has 0 fully saturated rings. The molecule has 6 heteroatoms. The minimum absolute atomic E-state index is 0.145. The quantitative estimate of drug-likeness (QED) is 0.785. The van der Waals surface area contributed by atoms with E-state index in [0.717, 1.165) is 0 Å². The Kier molecular flexibility index (Phi) is 2.05. The van der Waals surface area contributed by atoms with Crippen molar-refractivity contribution >= 4 is 44.3 Å². The van der Waals surface area contributed by atoms with Crippen LogP contribution < -0.4 is 5.73 Å². The van der Waals surface area contributed by atoms with Crippen LogP contribution in [0.5, 0.6) is 0 Å². The van der Waals surface area contributed by atoms with Gasteiger partial charge in [-0.2, -0.15) is 0 Å². The summed E-state index contributed by atoms with van der Waals surface area (Å²) in [4.78, 5) is 14.7. The van der Waals surface area contributed by atoms with Gasteiger partial charge in [0.15, 0.2) is 5.13 Å². The molecule has 4 nitrogen and oxygen atoms in total. The fourth-order valence-electron chi connectivity index (χ4n) is 1.13. The summed E-state index contributed by atoms with van der Waals surface area (Å²) >= 11 is 7.06. The Bertz CT molecular complexity index is 523. The largest absolute Gasteiger partial charge is 0.478 e. The summed E-state index contributed by atoms with van der Waals surface area (Å²) in [5, 5.41) is 9.46. The van der Waals surface area contributed by atoms with Gasteiger partial charge in [-0.15, -0.1) is 0 Å². The number of carboxylic acid groups (broad SMARTS) is 1. The second kappa shape index (κ2) is 3.11. The number of aromatic nitrogens is 1. The fraction of sp³-hybridized carbons (Fsp3) is 0. The van der Waals surface area contributed by atoms with Gasteiger partial charge in [0.05, 0.1) is 15.3 Å². The van der Waals surface area contributed by atoms with Gasteiger partial charge in [-0.3, -0.25) is 0 Å². The van der Waals surface area contributed by atoms with Crippen molar-refractivity contribution in [2.24, 2.45) is 0 Å². The van der Waals surface area contributed by atoms with Crippen LogP contribution in [0.25, 0.3) is 10.2 Å². The number of fused-ring (bicyclic) bond motifs is 1. The number of nitrogen functional groups attached to an aromatic ring is 1. The number of benzene rings is 1. The van der Waals surface area contributed by atoms with Crippen molar-refractivity contribution in [3.63, 3.8) is 0 Å². The van der Waals surface area contributed by atoms with E-state index in [9.17, 15) is 4.79 Å². The van der Waals surface area contributed by atoms with Gasteiger partial charge in [-0.25, -0.2) is 9.78 Å². The molecule has 1 aromatic heterocycles. The van der Waals surface area contributed by atoms with Gasteiger partial charge in [0, 0.05) is 0 Å². The van der Waals surface area contributed by atoms with E-state index in [4.69, 9.17) is 22.4 Å². The molecule has 14 heavy (non-hydrogen) atoms. The zero-order chi connectivity index (χ0) is 10.3. The summed E-state index contributed by atoms with van der Waals surface area (Å²) in [6.45, 7) is 0. The number of hydrogen-bond acceptors (Lipinski definition) is 4. The smallest absolute Gasteiger partial charge is 0.335 e. The van der Waals surface area contributed by atoms with E-state index >= 15 is 0 Å². The molecule has 1 aromatic carbocycles. The van der Waals surface area contributed by atoms with Crippen LogP contribution in [-0.2, 0) is 0 Å². The van der Waals surface area contributed by atoms with Crippen molar-refractivity contribution in [1.82, 2.24) is 4.98 Å². The lowest BCUT2D eigenvalue weighted by atomic mass is 10.2. The lowest BCUT2D eigenvalue weighted by molar-refractivity contribution is 0.0697. The van der Waals surface area contributed by atoms with E-state index in [-0.39, 0.29) is 5.56 Å². The van der Waals surface area contributed by atoms with Gasteiger partial charge < -0.3 is 10.8 Å². The highest BCUT2D eigenvalue weighted by atomic mass is 35.5. The summed E-state index contributed by atoms with van der Waals surface area (Å²) in [5.74, 6) is -1.01. The number of rotatable bonds is 1. The summed E-state index contributed by atoms with van der Waals surface area (Å²) in [5.41, 5.74) is 6.19. The summed E-state index contributed by atoms with van der Waals surface area (Å²) in [6.07, 6.45) is 0. The van der Waals surface area contributed by atoms with E-state index < -0.39 is 5.97 Å². The predicted molar refractivity (Wildman–Crippen MR) is 56.0 cm³/mol. The molecule has 1 heterocycles. The molecule has 72 valence electrons. The van der Waals surface area contributed by atoms with Gasteiger partial charge in [0.25, 0.3) is 0 Å². The van der Waals surface area contributed by atoms with Gasteiger partial charge >= 0.3 is 5.97 Å². The Labute approximate surface area is 87.9 Å². The molecule has 0 saturated carbocycles. The highest BCUT2D eigenvalue weighted by molar-refractivity contribution is 7.22. The molecule has 0 aliphatic heterocycles. The third-order valence-electron chi connectivity index (χ3n) is 1.71. The lowest BCUT2D eigenvalue weighted by Crippen LogP contribution is -1.95. The first-order chi connectivity index (χ1) is 6.58. The van der Waals surface area contributed by atoms with Gasteiger partial charge in [-0.05, 0) is 12.1 Å². The predicted octanol–water partition coefficient (Wildman–Crippen LogP) is 2.23. The number of carboxylic acids is 1. The number of nitrogens with zero attached hydrogens (tertiary/aromatic N) is 1. The second-order valence-corrected chi connectivity index (χ2v) is 4.13. The monoisotopic (exact) mass is 228 g/mol. The van der Waals surface area contributed by atoms with Crippen molar-refractivity contribution in [1.29, 1.82) is 0 Å². The molecule has 0 radical (unpaired) electrons. The average Bonchev–Trinajstić information content (AvgIpc) is 2.45. The Hall–Kier alpha value is -1.33. The van der Waals surface area contributed by atoms with E-state index in [1.807, 2.05) is 0 Å². The maximum atomic E-state index is 10.7. The van der Waals surface area contributed by atoms with Crippen LogP contribution in [0.1, 0.15) is 10.4 Å². The van der Waals surface area contributed by atoms with Crippen molar-refractivity contribution in [2.75, 3.05) is 5.73 Å². The maximum absolute atomic E-state index is 10.7.